The summed E-state index contributed by atoms with van der Waals surface area (Å²) in [5, 5.41) is 19.4. The maximum atomic E-state index is 13.9. The number of likely N-dealkylation sites (tertiary alicyclic amines) is 1. The Balaban J connectivity index is 1.72. The number of hydrogen-bond acceptors (Lipinski definition) is 6. The Bertz CT molecular complexity index is 1450. The zero-order valence-corrected chi connectivity index (χ0v) is 23.6. The molecule has 2 heterocycles. The van der Waals surface area contributed by atoms with Crippen molar-refractivity contribution in [3.63, 3.8) is 0 Å². The monoisotopic (exact) mass is 605 g/mol. The first-order chi connectivity index (χ1) is 20.1. The van der Waals surface area contributed by atoms with Crippen LogP contribution in [0.1, 0.15) is 48.0 Å². The molecule has 1 aromatic heterocycles. The number of benzene rings is 2. The maximum Gasteiger partial charge on any atom is 0.433 e. The molecule has 4 rings (SSSR count). The molecule has 2 aromatic carbocycles. The molecule has 9 nitrogen and oxygen atoms in total. The third-order valence-corrected chi connectivity index (χ3v) is 6.68. The molecule has 1 aliphatic rings. The van der Waals surface area contributed by atoms with E-state index in [9.17, 15) is 37.4 Å². The molecular weight excluding hydrogens is 574 g/mol. The summed E-state index contributed by atoms with van der Waals surface area (Å²) in [6.07, 6.45) is -9.15. The smallest absolute Gasteiger partial charge is 0.433 e. The van der Waals surface area contributed by atoms with E-state index < -0.39 is 54.1 Å². The molecule has 2 amide bonds. The van der Waals surface area contributed by atoms with Crippen molar-refractivity contribution < 1.29 is 46.8 Å². The van der Waals surface area contributed by atoms with Crippen LogP contribution >= 0.6 is 0 Å². The second kappa shape index (κ2) is 12.5. The second-order valence-corrected chi connectivity index (χ2v) is 11.1. The summed E-state index contributed by atoms with van der Waals surface area (Å²) < 4.78 is 67.1. The lowest BCUT2D eigenvalue weighted by Crippen LogP contribution is -2.44. The summed E-state index contributed by atoms with van der Waals surface area (Å²) in [4.78, 5) is 30.6. The van der Waals surface area contributed by atoms with Crippen LogP contribution in [0, 0.1) is 0 Å². The molecule has 2 unspecified atom stereocenters. The molecule has 0 aliphatic carbocycles. The summed E-state index contributed by atoms with van der Waals surface area (Å²) >= 11 is 0. The van der Waals surface area contributed by atoms with Gasteiger partial charge in [0.2, 0.25) is 5.88 Å². The topological polar surface area (TPSA) is 112 Å². The van der Waals surface area contributed by atoms with Crippen LogP contribution in [-0.2, 0) is 19.3 Å². The van der Waals surface area contributed by atoms with E-state index in [0.29, 0.717) is 0 Å². The molecular formula is C30H31F4N3O6. The summed E-state index contributed by atoms with van der Waals surface area (Å²) in [6, 6.07) is 15.0. The third-order valence-electron chi connectivity index (χ3n) is 6.68. The minimum atomic E-state index is -4.88. The van der Waals surface area contributed by atoms with E-state index in [4.69, 9.17) is 9.47 Å². The number of rotatable bonds is 8. The van der Waals surface area contributed by atoms with Crippen molar-refractivity contribution >= 4 is 12.0 Å². The molecule has 1 saturated heterocycles. The Kier molecular flexibility index (Phi) is 9.14. The number of nitrogens with zero attached hydrogens (tertiary/aromatic N) is 3. The third kappa shape index (κ3) is 7.92. The molecule has 1 fully saturated rings. The quantitative estimate of drug-likeness (QED) is 0.307. The highest BCUT2D eigenvalue weighted by Crippen LogP contribution is 2.36. The normalized spacial score (nSPS) is 17.1. The fourth-order valence-electron chi connectivity index (χ4n) is 4.41. The minimum Gasteiger partial charge on any atom is -0.485 e. The van der Waals surface area contributed by atoms with Gasteiger partial charge in [-0.25, -0.2) is 14.2 Å². The van der Waals surface area contributed by atoms with Crippen molar-refractivity contribution in [2.24, 2.45) is 0 Å². The van der Waals surface area contributed by atoms with Crippen molar-refractivity contribution in [2.45, 2.75) is 57.9 Å². The number of carboxylic acid groups (broad SMARTS) is 1. The number of aliphatic hydroxyl groups is 1. The predicted molar refractivity (Wildman–Crippen MR) is 147 cm³/mol. The lowest BCUT2D eigenvalue weighted by molar-refractivity contribution is -0.141. The van der Waals surface area contributed by atoms with Gasteiger partial charge in [-0.15, -0.1) is 0 Å². The molecule has 230 valence electrons. The van der Waals surface area contributed by atoms with Gasteiger partial charge in [0.25, 0.3) is 5.91 Å². The van der Waals surface area contributed by atoms with Gasteiger partial charge in [-0.3, -0.25) is 9.69 Å². The number of amides is 2. The number of β-amino-alcohol motifs (C(OH)–C–C–N with tert-alkyl or cyclic N) is 1. The number of halogens is 4. The first-order valence-corrected chi connectivity index (χ1v) is 13.3. The first-order valence-electron chi connectivity index (χ1n) is 13.3. The van der Waals surface area contributed by atoms with Crippen LogP contribution in [0.3, 0.4) is 0 Å². The Hall–Kier alpha value is -4.39. The van der Waals surface area contributed by atoms with Gasteiger partial charge >= 0.3 is 12.3 Å². The van der Waals surface area contributed by atoms with Crippen molar-refractivity contribution in [3.8, 4) is 17.4 Å². The van der Waals surface area contributed by atoms with Crippen LogP contribution in [0.5, 0.6) is 17.4 Å². The number of carbonyl (C=O) groups excluding carboxylic acids is 1. The predicted octanol–water partition coefficient (Wildman–Crippen LogP) is 5.91. The number of carbonyl (C=O) groups is 2. The van der Waals surface area contributed by atoms with Gasteiger partial charge in [-0.05, 0) is 56.2 Å². The fourth-order valence-corrected chi connectivity index (χ4v) is 4.41. The molecule has 2 atom stereocenters. The molecule has 1 aliphatic heterocycles. The van der Waals surface area contributed by atoms with Crippen LogP contribution in [-0.4, -0.2) is 67.9 Å². The van der Waals surface area contributed by atoms with Crippen molar-refractivity contribution in [1.29, 1.82) is 0 Å². The Morgan fingerprint density at radius 2 is 1.70 bits per heavy atom. The van der Waals surface area contributed by atoms with E-state index in [1.807, 2.05) is 6.07 Å². The van der Waals surface area contributed by atoms with E-state index in [2.05, 4.69) is 4.98 Å². The molecule has 43 heavy (non-hydrogen) atoms. The van der Waals surface area contributed by atoms with E-state index in [1.165, 1.54) is 24.3 Å². The van der Waals surface area contributed by atoms with Gasteiger partial charge in [0.1, 0.15) is 24.6 Å². The van der Waals surface area contributed by atoms with Crippen LogP contribution in [0.25, 0.3) is 0 Å². The minimum absolute atomic E-state index is 0.0142. The number of pyridine rings is 1. The van der Waals surface area contributed by atoms with Crippen molar-refractivity contribution in [1.82, 2.24) is 14.8 Å². The van der Waals surface area contributed by atoms with Crippen molar-refractivity contribution in [3.05, 3.63) is 83.0 Å². The molecule has 3 aromatic rings. The number of alkyl halides is 4. The number of aliphatic hydroxyl groups excluding tert-OH is 1. The average Bonchev–Trinajstić information content (AvgIpc) is 3.27. The lowest BCUT2D eigenvalue weighted by Gasteiger charge is -2.33. The maximum absolute atomic E-state index is 13.9. The van der Waals surface area contributed by atoms with E-state index in [0.717, 1.165) is 21.4 Å². The fraction of sp³-hybridized carbons (Fsp3) is 0.367. The van der Waals surface area contributed by atoms with Crippen LogP contribution < -0.4 is 9.47 Å². The zero-order chi connectivity index (χ0) is 31.5. The lowest BCUT2D eigenvalue weighted by atomic mass is 10.1. The van der Waals surface area contributed by atoms with E-state index >= 15 is 0 Å². The van der Waals surface area contributed by atoms with Gasteiger partial charge in [-0.1, -0.05) is 30.3 Å². The molecule has 0 saturated carbocycles. The zero-order valence-electron chi connectivity index (χ0n) is 23.6. The van der Waals surface area contributed by atoms with E-state index in [1.54, 1.807) is 45.0 Å². The SMILES string of the molecule is CC(C)(C)N(Cc1cc(Oc2cc(C(=O)N3CC(O)C(F)C3)ccc2OCc2ccccc2)nc(C(F)(F)F)c1)C(=O)O. The number of ether oxygens (including phenoxy) is 2. The second-order valence-electron chi connectivity index (χ2n) is 11.1. The molecule has 0 bridgehead atoms. The molecule has 13 heteroatoms. The Morgan fingerprint density at radius 3 is 2.28 bits per heavy atom. The highest BCUT2D eigenvalue weighted by atomic mass is 19.4. The highest BCUT2D eigenvalue weighted by Gasteiger charge is 2.36. The standard InChI is InChI=1S/C30H31F4N3O6/c1-29(2,3)37(28(40)41)14-19-11-25(30(32,33)34)35-26(12-19)43-24-13-20(27(39)36-15-21(31)22(38)16-36)9-10-23(24)42-17-18-7-5-4-6-8-18/h4-13,21-22,38H,14-17H2,1-3H3,(H,40,41). The summed E-state index contributed by atoms with van der Waals surface area (Å²) in [7, 11) is 0. The summed E-state index contributed by atoms with van der Waals surface area (Å²) in [6.45, 7) is 3.93. The summed E-state index contributed by atoms with van der Waals surface area (Å²) in [5.74, 6) is -1.22. The Labute approximate surface area is 245 Å². The number of hydrogen-bond donors (Lipinski definition) is 2. The van der Waals surface area contributed by atoms with Crippen LogP contribution in [0.15, 0.2) is 60.7 Å². The molecule has 0 radical (unpaired) electrons. The van der Waals surface area contributed by atoms with E-state index in [-0.39, 0.29) is 42.3 Å². The average molecular weight is 606 g/mol. The van der Waals surface area contributed by atoms with Crippen molar-refractivity contribution in [2.75, 3.05) is 13.1 Å². The highest BCUT2D eigenvalue weighted by molar-refractivity contribution is 5.95. The summed E-state index contributed by atoms with van der Waals surface area (Å²) in [5.41, 5.74) is -1.47. The van der Waals surface area contributed by atoms with Gasteiger partial charge in [0, 0.05) is 30.3 Å². The van der Waals surface area contributed by atoms with Gasteiger partial charge < -0.3 is 24.6 Å². The van der Waals surface area contributed by atoms with Gasteiger partial charge in [0.15, 0.2) is 11.5 Å². The molecule has 2 N–H and O–H groups in total. The Morgan fingerprint density at radius 1 is 1.00 bits per heavy atom. The number of aromatic nitrogens is 1. The largest absolute Gasteiger partial charge is 0.485 e. The first kappa shape index (κ1) is 31.5. The van der Waals surface area contributed by atoms with Gasteiger partial charge in [0.05, 0.1) is 6.54 Å². The van der Waals surface area contributed by atoms with Crippen LogP contribution in [0.4, 0.5) is 22.4 Å². The molecule has 0 spiro atoms. The van der Waals surface area contributed by atoms with Crippen LogP contribution in [0.2, 0.25) is 0 Å². The van der Waals surface area contributed by atoms with Gasteiger partial charge in [-0.2, -0.15) is 13.2 Å².